The lowest BCUT2D eigenvalue weighted by Gasteiger charge is -2.32. The van der Waals surface area contributed by atoms with E-state index in [2.05, 4.69) is 98.0 Å². The molecule has 13 heteroatoms. The highest BCUT2D eigenvalue weighted by atomic mass is 16.5. The van der Waals surface area contributed by atoms with E-state index in [1.807, 2.05) is 84.4 Å². The molecule has 0 fully saturated rings. The van der Waals surface area contributed by atoms with Gasteiger partial charge in [0, 0.05) is 57.2 Å². The van der Waals surface area contributed by atoms with Crippen LogP contribution in [0.1, 0.15) is 22.8 Å². The Balaban J connectivity index is 0.892. The standard InChI is InChI=1S/C50H36B2N6O5/c1-27-29(3)57(25-55(27)5)34-20-38-49(53-22-34)62-44-11-7-9-42-47(44)51(38)36-17-31(13-15-40(36)60-42)33-19-46(59-24-33)32-14-16-41-37(18-32)52-39-21-35(58-26-56(6)28(2)30(58)4)23-54-50(39)63-45-12-8-10-43(61-41)48(45)52/h7-24H,1-6H3. The second-order valence-electron chi connectivity index (χ2n) is 16.8. The van der Waals surface area contributed by atoms with E-state index < -0.39 is 0 Å². The summed E-state index contributed by atoms with van der Waals surface area (Å²) in [7, 11) is 4.01. The van der Waals surface area contributed by atoms with Crippen LogP contribution < -0.4 is 60.9 Å². The monoisotopic (exact) mass is 822 g/mol. The van der Waals surface area contributed by atoms with Gasteiger partial charge in [-0.2, -0.15) is 0 Å². The molecule has 0 N–H and O–H groups in total. The van der Waals surface area contributed by atoms with Crippen molar-refractivity contribution in [2.45, 2.75) is 27.7 Å². The Hall–Kier alpha value is -7.79. The van der Waals surface area contributed by atoms with Crippen molar-refractivity contribution in [2.75, 3.05) is 0 Å². The molecule has 5 aromatic heterocycles. The number of fused-ring (bicyclic) bond motifs is 8. The lowest BCUT2D eigenvalue weighted by Crippen LogP contribution is -2.57. The maximum absolute atomic E-state index is 6.57. The lowest BCUT2D eigenvalue weighted by atomic mass is 9.35. The molecule has 13 rings (SSSR count). The van der Waals surface area contributed by atoms with E-state index in [0.29, 0.717) is 11.8 Å². The van der Waals surface area contributed by atoms with Crippen molar-refractivity contribution in [3.63, 3.8) is 0 Å². The minimum atomic E-state index is -0.187. The van der Waals surface area contributed by atoms with Crippen molar-refractivity contribution in [1.29, 1.82) is 0 Å². The van der Waals surface area contributed by atoms with Gasteiger partial charge in [-0.05, 0) is 104 Å². The van der Waals surface area contributed by atoms with E-state index >= 15 is 0 Å². The summed E-state index contributed by atoms with van der Waals surface area (Å²) < 4.78 is 40.5. The number of rotatable bonds is 4. The van der Waals surface area contributed by atoms with Crippen LogP contribution in [0.4, 0.5) is 0 Å². The molecule has 0 radical (unpaired) electrons. The average molecular weight is 822 g/mol. The highest BCUT2D eigenvalue weighted by molar-refractivity contribution is 6.99. The second-order valence-corrected chi connectivity index (χ2v) is 16.8. The van der Waals surface area contributed by atoms with Gasteiger partial charge in [0.05, 0.1) is 31.7 Å². The van der Waals surface area contributed by atoms with E-state index in [0.717, 1.165) is 124 Å². The van der Waals surface area contributed by atoms with Crippen molar-refractivity contribution in [2.24, 2.45) is 14.1 Å². The third-order valence-corrected chi connectivity index (χ3v) is 13.4. The summed E-state index contributed by atoms with van der Waals surface area (Å²) in [4.78, 5) is 9.73. The topological polar surface area (TPSA) is 93.5 Å². The van der Waals surface area contributed by atoms with Gasteiger partial charge in [-0.3, -0.25) is 0 Å². The van der Waals surface area contributed by atoms with Crippen molar-refractivity contribution < 1.29 is 32.5 Å². The maximum atomic E-state index is 6.57. The Bertz CT molecular complexity index is 3220. The van der Waals surface area contributed by atoms with Gasteiger partial charge in [0.25, 0.3) is 13.4 Å². The number of ether oxygens (including phenoxy) is 4. The van der Waals surface area contributed by atoms with Gasteiger partial charge in [0.2, 0.25) is 24.4 Å². The number of imidazole rings is 2. The molecule has 4 aliphatic heterocycles. The van der Waals surface area contributed by atoms with E-state index in [9.17, 15) is 0 Å². The van der Waals surface area contributed by atoms with Crippen LogP contribution in [0.2, 0.25) is 0 Å². The summed E-state index contributed by atoms with van der Waals surface area (Å²) in [5.74, 6) is 6.49. The zero-order valence-electron chi connectivity index (χ0n) is 35.3. The first-order chi connectivity index (χ1) is 30.7. The minimum Gasteiger partial charge on any atom is -0.464 e. The molecule has 63 heavy (non-hydrogen) atoms. The number of hydrogen-bond donors (Lipinski definition) is 0. The molecule has 0 bridgehead atoms. The van der Waals surface area contributed by atoms with Crippen LogP contribution in [0.15, 0.2) is 114 Å². The summed E-state index contributed by atoms with van der Waals surface area (Å²) in [6.07, 6.45) is 12.4. The van der Waals surface area contributed by atoms with Crippen LogP contribution in [0.25, 0.3) is 33.8 Å². The van der Waals surface area contributed by atoms with Crippen molar-refractivity contribution in [1.82, 2.24) is 19.1 Å². The van der Waals surface area contributed by atoms with Crippen LogP contribution in [-0.2, 0) is 14.1 Å². The average Bonchev–Trinajstić information content (AvgIpc) is 3.98. The number of hydrogen-bond acceptors (Lipinski definition) is 7. The summed E-state index contributed by atoms with van der Waals surface area (Å²) in [5.41, 5.74) is 15.1. The number of aryl methyl sites for hydroxylation is 2. The number of nitrogens with zero attached hydrogens (tertiary/aromatic N) is 6. The van der Waals surface area contributed by atoms with Gasteiger partial charge in [-0.1, -0.05) is 42.5 Å². The highest BCUT2D eigenvalue weighted by Crippen LogP contribution is 2.38. The van der Waals surface area contributed by atoms with E-state index in [1.54, 1.807) is 0 Å². The molecule has 0 amide bonds. The fraction of sp³-hybridized carbons (Fsp3) is 0.120. The van der Waals surface area contributed by atoms with Crippen molar-refractivity contribution in [3.05, 3.63) is 145 Å². The first-order valence-electron chi connectivity index (χ1n) is 21.0. The molecule has 302 valence electrons. The third-order valence-electron chi connectivity index (χ3n) is 13.4. The number of benzene rings is 4. The number of pyridine rings is 2. The Morgan fingerprint density at radius 3 is 1.48 bits per heavy atom. The van der Waals surface area contributed by atoms with E-state index in [4.69, 9.17) is 33.3 Å². The fourth-order valence-corrected chi connectivity index (χ4v) is 9.74. The van der Waals surface area contributed by atoms with Crippen LogP contribution in [0, 0.1) is 40.3 Å². The quantitative estimate of drug-likeness (QED) is 0.142. The van der Waals surface area contributed by atoms with Crippen molar-refractivity contribution >= 4 is 46.2 Å². The predicted octanol–water partition coefficient (Wildman–Crippen LogP) is 4.92. The zero-order chi connectivity index (χ0) is 42.4. The Morgan fingerprint density at radius 1 is 0.508 bits per heavy atom. The Labute approximate surface area is 363 Å². The summed E-state index contributed by atoms with van der Waals surface area (Å²) in [5, 5.41) is 0. The molecule has 0 saturated heterocycles. The first-order valence-corrected chi connectivity index (χ1v) is 21.0. The minimum absolute atomic E-state index is 0.176. The van der Waals surface area contributed by atoms with E-state index in [-0.39, 0.29) is 13.4 Å². The molecule has 0 atom stereocenters. The molecule has 0 saturated carbocycles. The van der Waals surface area contributed by atoms with E-state index in [1.165, 1.54) is 0 Å². The molecule has 4 aliphatic rings. The first kappa shape index (κ1) is 35.9. The maximum Gasteiger partial charge on any atom is 0.262 e. The molecule has 9 aromatic rings. The van der Waals surface area contributed by atoms with Crippen LogP contribution in [-0.4, -0.2) is 32.5 Å². The lowest BCUT2D eigenvalue weighted by molar-refractivity contribution is -0.681. The highest BCUT2D eigenvalue weighted by Gasteiger charge is 2.43. The fourth-order valence-electron chi connectivity index (χ4n) is 9.74. The molecule has 4 aromatic carbocycles. The summed E-state index contributed by atoms with van der Waals surface area (Å²) in [6, 6.07) is 30.9. The van der Waals surface area contributed by atoms with Crippen LogP contribution in [0.5, 0.6) is 46.3 Å². The molecular formula is C50H36B2N6O5. The molecule has 9 heterocycles. The summed E-state index contributed by atoms with van der Waals surface area (Å²) >= 11 is 0. The number of furan rings is 1. The predicted molar refractivity (Wildman–Crippen MR) is 238 cm³/mol. The molecular weight excluding hydrogens is 786 g/mol. The Kier molecular flexibility index (Phi) is 7.34. The number of aromatic nitrogens is 6. The molecule has 11 nitrogen and oxygen atoms in total. The van der Waals surface area contributed by atoms with Gasteiger partial charge in [0.1, 0.15) is 40.3 Å². The van der Waals surface area contributed by atoms with Crippen LogP contribution in [0.3, 0.4) is 0 Å². The summed E-state index contributed by atoms with van der Waals surface area (Å²) in [6.45, 7) is 8.01. The molecule has 0 unspecified atom stereocenters. The van der Waals surface area contributed by atoms with Gasteiger partial charge >= 0.3 is 0 Å². The normalized spacial score (nSPS) is 13.4. The Morgan fingerprint density at radius 2 is 0.984 bits per heavy atom. The van der Waals surface area contributed by atoms with Gasteiger partial charge in [-0.25, -0.2) is 9.97 Å². The molecule has 0 aliphatic carbocycles. The SMILES string of the molecule is Cc1c(C)[n+](C)[c-]n1-c1cnc2c(c1)B1c3cc(-c4coc(-c5ccc6c(c5)B5c7cc(-n8[c-][n+](C)c(C)c8C)cnc7Oc7cccc(c75)O6)c4)ccc3Oc3cccc(c31)O2. The third kappa shape index (κ3) is 5.16. The second kappa shape index (κ2) is 12.9. The van der Waals surface area contributed by atoms with Gasteiger partial charge in [-0.15, -0.1) is 0 Å². The zero-order valence-corrected chi connectivity index (χ0v) is 35.3. The van der Waals surface area contributed by atoms with Gasteiger partial charge in [0.15, 0.2) is 0 Å². The van der Waals surface area contributed by atoms with Crippen LogP contribution >= 0.6 is 0 Å². The smallest absolute Gasteiger partial charge is 0.262 e. The van der Waals surface area contributed by atoms with Gasteiger partial charge < -0.3 is 41.6 Å². The molecule has 0 spiro atoms. The van der Waals surface area contributed by atoms with Crippen molar-refractivity contribution in [3.8, 4) is 80.1 Å². The largest absolute Gasteiger partial charge is 0.464 e.